The second-order valence-electron chi connectivity index (χ2n) is 3.78. The SMILES string of the molecule is CCCCC(=O)Oc1ccc(NC(C)=O)cc1. The van der Waals surface area contributed by atoms with E-state index in [1.54, 1.807) is 24.3 Å². The lowest BCUT2D eigenvalue weighted by molar-refractivity contribution is -0.134. The van der Waals surface area contributed by atoms with E-state index >= 15 is 0 Å². The number of anilines is 1. The maximum absolute atomic E-state index is 11.3. The molecule has 1 aromatic rings. The van der Waals surface area contributed by atoms with Crippen LogP contribution in [0.25, 0.3) is 0 Å². The Kier molecular flexibility index (Phi) is 5.20. The Bertz CT molecular complexity index is 384. The molecule has 0 bridgehead atoms. The van der Waals surface area contributed by atoms with Gasteiger partial charge in [0.2, 0.25) is 5.91 Å². The highest BCUT2D eigenvalue weighted by Gasteiger charge is 2.04. The lowest BCUT2D eigenvalue weighted by Gasteiger charge is -2.05. The molecule has 0 saturated heterocycles. The van der Waals surface area contributed by atoms with Crippen molar-refractivity contribution >= 4 is 17.6 Å². The number of nitrogens with one attached hydrogen (secondary N) is 1. The summed E-state index contributed by atoms with van der Waals surface area (Å²) < 4.78 is 5.12. The van der Waals surface area contributed by atoms with Crippen LogP contribution in [0.4, 0.5) is 5.69 Å². The standard InChI is InChI=1S/C13H17NO3/c1-3-4-5-13(16)17-12-8-6-11(7-9-12)14-10(2)15/h6-9H,3-5H2,1-2H3,(H,14,15). The number of amides is 1. The zero-order valence-corrected chi connectivity index (χ0v) is 10.2. The number of benzene rings is 1. The molecule has 1 aromatic carbocycles. The van der Waals surface area contributed by atoms with Gasteiger partial charge in [0.05, 0.1) is 0 Å². The summed E-state index contributed by atoms with van der Waals surface area (Å²) in [5.74, 6) is 0.150. The molecule has 17 heavy (non-hydrogen) atoms. The summed E-state index contributed by atoms with van der Waals surface area (Å²) in [5.41, 5.74) is 0.686. The predicted octanol–water partition coefficient (Wildman–Crippen LogP) is 2.74. The van der Waals surface area contributed by atoms with Gasteiger partial charge >= 0.3 is 5.97 Å². The third-order valence-corrected chi connectivity index (χ3v) is 2.14. The molecule has 0 spiro atoms. The molecule has 92 valence electrons. The number of hydrogen-bond donors (Lipinski definition) is 1. The maximum Gasteiger partial charge on any atom is 0.311 e. The van der Waals surface area contributed by atoms with Crippen LogP contribution in [-0.4, -0.2) is 11.9 Å². The van der Waals surface area contributed by atoms with E-state index in [0.717, 1.165) is 12.8 Å². The lowest BCUT2D eigenvalue weighted by atomic mass is 10.2. The first kappa shape index (κ1) is 13.2. The second-order valence-corrected chi connectivity index (χ2v) is 3.78. The van der Waals surface area contributed by atoms with Gasteiger partial charge in [-0.05, 0) is 30.7 Å². The van der Waals surface area contributed by atoms with Crippen LogP contribution in [0.15, 0.2) is 24.3 Å². The highest BCUT2D eigenvalue weighted by Crippen LogP contribution is 2.16. The van der Waals surface area contributed by atoms with Gasteiger partial charge < -0.3 is 10.1 Å². The number of hydrogen-bond acceptors (Lipinski definition) is 3. The van der Waals surface area contributed by atoms with E-state index < -0.39 is 0 Å². The second kappa shape index (κ2) is 6.68. The molecule has 0 aliphatic heterocycles. The van der Waals surface area contributed by atoms with E-state index in [0.29, 0.717) is 17.9 Å². The molecule has 0 fully saturated rings. The molecule has 1 rings (SSSR count). The van der Waals surface area contributed by atoms with Crippen LogP contribution in [-0.2, 0) is 9.59 Å². The van der Waals surface area contributed by atoms with Gasteiger partial charge in [0.1, 0.15) is 5.75 Å². The Morgan fingerprint density at radius 3 is 2.41 bits per heavy atom. The van der Waals surface area contributed by atoms with Crippen molar-refractivity contribution in [3.05, 3.63) is 24.3 Å². The van der Waals surface area contributed by atoms with Crippen molar-refractivity contribution in [1.29, 1.82) is 0 Å². The van der Waals surface area contributed by atoms with Crippen molar-refractivity contribution < 1.29 is 14.3 Å². The first-order valence-corrected chi connectivity index (χ1v) is 5.70. The zero-order valence-electron chi connectivity index (χ0n) is 10.2. The summed E-state index contributed by atoms with van der Waals surface area (Å²) in [6.07, 6.45) is 2.24. The summed E-state index contributed by atoms with van der Waals surface area (Å²) >= 11 is 0. The van der Waals surface area contributed by atoms with E-state index in [1.807, 2.05) is 6.92 Å². The number of rotatable bonds is 5. The Morgan fingerprint density at radius 1 is 1.24 bits per heavy atom. The van der Waals surface area contributed by atoms with Crippen LogP contribution in [0.1, 0.15) is 33.1 Å². The Balaban J connectivity index is 2.50. The fourth-order valence-electron chi connectivity index (χ4n) is 1.31. The number of carbonyl (C=O) groups is 2. The third-order valence-electron chi connectivity index (χ3n) is 2.14. The van der Waals surface area contributed by atoms with E-state index in [4.69, 9.17) is 4.74 Å². The normalized spacial score (nSPS) is 9.76. The Morgan fingerprint density at radius 2 is 1.88 bits per heavy atom. The first-order valence-electron chi connectivity index (χ1n) is 5.70. The van der Waals surface area contributed by atoms with Gasteiger partial charge in [0.15, 0.2) is 0 Å². The smallest absolute Gasteiger partial charge is 0.311 e. The monoisotopic (exact) mass is 235 g/mol. The number of ether oxygens (including phenoxy) is 1. The average Bonchev–Trinajstić information content (AvgIpc) is 2.28. The zero-order chi connectivity index (χ0) is 12.7. The maximum atomic E-state index is 11.3. The molecule has 0 radical (unpaired) electrons. The van der Waals surface area contributed by atoms with Gasteiger partial charge in [-0.2, -0.15) is 0 Å². The number of unbranched alkanes of at least 4 members (excludes halogenated alkanes) is 1. The van der Waals surface area contributed by atoms with Gasteiger partial charge in [0, 0.05) is 19.0 Å². The first-order chi connectivity index (χ1) is 8.11. The number of esters is 1. The molecule has 0 unspecified atom stereocenters. The van der Waals surface area contributed by atoms with Gasteiger partial charge in [-0.1, -0.05) is 13.3 Å². The van der Waals surface area contributed by atoms with E-state index in [9.17, 15) is 9.59 Å². The van der Waals surface area contributed by atoms with Crippen molar-refractivity contribution in [2.45, 2.75) is 33.1 Å². The molecular weight excluding hydrogens is 218 g/mol. The molecular formula is C13H17NO3. The van der Waals surface area contributed by atoms with Crippen LogP contribution in [0.3, 0.4) is 0 Å². The molecule has 4 nitrogen and oxygen atoms in total. The number of carbonyl (C=O) groups excluding carboxylic acids is 2. The summed E-state index contributed by atoms with van der Waals surface area (Å²) in [7, 11) is 0. The van der Waals surface area contributed by atoms with Crippen molar-refractivity contribution in [2.75, 3.05) is 5.32 Å². The topological polar surface area (TPSA) is 55.4 Å². The van der Waals surface area contributed by atoms with Crippen molar-refractivity contribution in [3.63, 3.8) is 0 Å². The quantitative estimate of drug-likeness (QED) is 0.630. The minimum absolute atomic E-state index is 0.127. The molecule has 0 heterocycles. The summed E-state index contributed by atoms with van der Waals surface area (Å²) in [5, 5.41) is 2.64. The third kappa shape index (κ3) is 5.15. The fraction of sp³-hybridized carbons (Fsp3) is 0.385. The summed E-state index contributed by atoms with van der Waals surface area (Å²) in [6, 6.07) is 6.72. The lowest BCUT2D eigenvalue weighted by Crippen LogP contribution is -2.08. The highest BCUT2D eigenvalue weighted by atomic mass is 16.5. The van der Waals surface area contributed by atoms with E-state index in [2.05, 4.69) is 5.32 Å². The molecule has 4 heteroatoms. The van der Waals surface area contributed by atoms with Gasteiger partial charge in [0.25, 0.3) is 0 Å². The summed E-state index contributed by atoms with van der Waals surface area (Å²) in [4.78, 5) is 22.1. The van der Waals surface area contributed by atoms with Crippen LogP contribution >= 0.6 is 0 Å². The van der Waals surface area contributed by atoms with E-state index in [1.165, 1.54) is 6.92 Å². The van der Waals surface area contributed by atoms with Crippen LogP contribution in [0.5, 0.6) is 5.75 Å². The van der Waals surface area contributed by atoms with Crippen molar-refractivity contribution in [3.8, 4) is 5.75 Å². The fourth-order valence-corrected chi connectivity index (χ4v) is 1.31. The van der Waals surface area contributed by atoms with Crippen LogP contribution in [0.2, 0.25) is 0 Å². The predicted molar refractivity (Wildman–Crippen MR) is 65.9 cm³/mol. The Labute approximate surface area is 101 Å². The van der Waals surface area contributed by atoms with Crippen LogP contribution in [0, 0.1) is 0 Å². The molecule has 0 aromatic heterocycles. The van der Waals surface area contributed by atoms with Gasteiger partial charge in [-0.15, -0.1) is 0 Å². The van der Waals surface area contributed by atoms with E-state index in [-0.39, 0.29) is 11.9 Å². The van der Waals surface area contributed by atoms with Gasteiger partial charge in [-0.25, -0.2) is 0 Å². The molecule has 0 aliphatic carbocycles. The van der Waals surface area contributed by atoms with Crippen LogP contribution < -0.4 is 10.1 Å². The minimum Gasteiger partial charge on any atom is -0.427 e. The van der Waals surface area contributed by atoms with Crippen molar-refractivity contribution in [1.82, 2.24) is 0 Å². The van der Waals surface area contributed by atoms with Crippen molar-refractivity contribution in [2.24, 2.45) is 0 Å². The molecule has 1 N–H and O–H groups in total. The molecule has 0 aliphatic rings. The minimum atomic E-state index is -0.223. The Hall–Kier alpha value is -1.84. The summed E-state index contributed by atoms with van der Waals surface area (Å²) in [6.45, 7) is 3.47. The molecule has 0 atom stereocenters. The highest BCUT2D eigenvalue weighted by molar-refractivity contribution is 5.88. The molecule has 1 amide bonds. The van der Waals surface area contributed by atoms with Gasteiger partial charge in [-0.3, -0.25) is 9.59 Å². The largest absolute Gasteiger partial charge is 0.427 e. The molecule has 0 saturated carbocycles. The average molecular weight is 235 g/mol.